The third-order valence-electron chi connectivity index (χ3n) is 20.2. The summed E-state index contributed by atoms with van der Waals surface area (Å²) in [6, 6.07) is 133. The molecule has 0 saturated carbocycles. The lowest BCUT2D eigenvalue weighted by molar-refractivity contribution is 0.591. The van der Waals surface area contributed by atoms with E-state index in [9.17, 15) is 0 Å². The molecule has 446 valence electrons. The molecule has 15 aromatic rings. The van der Waals surface area contributed by atoms with Crippen LogP contribution < -0.4 is 9.80 Å². The minimum Gasteiger partial charge on any atom is -0.311 e. The van der Waals surface area contributed by atoms with E-state index < -0.39 is 10.8 Å². The lowest BCUT2D eigenvalue weighted by atomic mass is 9.68. The fourth-order valence-electron chi connectivity index (χ4n) is 16.0. The number of nitrogens with zero attached hydrogens (tertiary/aromatic N) is 2. The highest BCUT2D eigenvalue weighted by molar-refractivity contribution is 6.21. The summed E-state index contributed by atoms with van der Waals surface area (Å²) in [5.74, 6) is 0. The maximum atomic E-state index is 2.47. The van der Waals surface area contributed by atoms with Gasteiger partial charge in [-0.3, -0.25) is 0 Å². The van der Waals surface area contributed by atoms with Gasteiger partial charge in [-0.2, -0.15) is 0 Å². The molecule has 0 amide bonds. The Kier molecular flexibility index (Phi) is 13.6. The van der Waals surface area contributed by atoms with Crippen LogP contribution in [0, 0.1) is 0 Å². The van der Waals surface area contributed by atoms with Gasteiger partial charge in [0.25, 0.3) is 0 Å². The maximum absolute atomic E-state index is 2.47. The van der Waals surface area contributed by atoms with E-state index in [0.29, 0.717) is 0 Å². The van der Waals surface area contributed by atoms with E-state index in [-0.39, 0.29) is 5.41 Å². The van der Waals surface area contributed by atoms with Gasteiger partial charge in [-0.15, -0.1) is 0 Å². The summed E-state index contributed by atoms with van der Waals surface area (Å²) < 4.78 is 0. The van der Waals surface area contributed by atoms with Crippen LogP contribution in [-0.4, -0.2) is 0 Å². The summed E-state index contributed by atoms with van der Waals surface area (Å²) >= 11 is 0. The Labute approximate surface area is 551 Å². The molecule has 0 fully saturated rings. The quantitative estimate of drug-likeness (QED) is 0.113. The van der Waals surface area contributed by atoms with Gasteiger partial charge in [0.1, 0.15) is 0 Å². The number of rotatable bonds is 12. The SMILES string of the molecule is CC(C)(C)c1ccc2c(-c3ccc(N(c4ccccc4)c4ccc(C5(c6ccccc6)c6ccccc6-c6ccccc65)cc4)cc3)c3ccccc3c(-c3ccc(N(c4ccccc4)c4ccc(C5(c6ccccc6)c6ccccc6-c6ccccc65)cc4)cc3)c2c1. The van der Waals surface area contributed by atoms with Gasteiger partial charge in [0.05, 0.1) is 10.8 Å². The Morgan fingerprint density at radius 2 is 0.489 bits per heavy atom. The summed E-state index contributed by atoms with van der Waals surface area (Å²) in [5.41, 5.74) is 27.0. The molecule has 0 atom stereocenters. The molecule has 0 aliphatic heterocycles. The summed E-state index contributed by atoms with van der Waals surface area (Å²) in [5, 5.41) is 4.90. The molecule has 15 aromatic carbocycles. The monoisotopic (exact) mass is 1200 g/mol. The zero-order valence-electron chi connectivity index (χ0n) is 53.0. The maximum Gasteiger partial charge on any atom is 0.0713 e. The van der Waals surface area contributed by atoms with E-state index in [1.807, 2.05) is 0 Å². The largest absolute Gasteiger partial charge is 0.311 e. The predicted octanol–water partition coefficient (Wildman–Crippen LogP) is 24.3. The van der Waals surface area contributed by atoms with E-state index in [1.165, 1.54) is 116 Å². The van der Waals surface area contributed by atoms with Crippen LogP contribution in [0.4, 0.5) is 34.1 Å². The second kappa shape index (κ2) is 22.7. The lowest BCUT2D eigenvalue weighted by Gasteiger charge is -2.34. The molecule has 2 heteroatoms. The Morgan fingerprint density at radius 1 is 0.223 bits per heavy atom. The van der Waals surface area contributed by atoms with Crippen LogP contribution in [0.1, 0.15) is 70.8 Å². The van der Waals surface area contributed by atoms with E-state index in [4.69, 9.17) is 0 Å². The van der Waals surface area contributed by atoms with Crippen molar-refractivity contribution in [2.24, 2.45) is 0 Å². The van der Waals surface area contributed by atoms with Crippen LogP contribution in [0.25, 0.3) is 66.1 Å². The lowest BCUT2D eigenvalue weighted by Crippen LogP contribution is -2.28. The number of para-hydroxylation sites is 2. The van der Waals surface area contributed by atoms with Gasteiger partial charge >= 0.3 is 0 Å². The zero-order chi connectivity index (χ0) is 63.0. The van der Waals surface area contributed by atoms with Crippen LogP contribution in [0.3, 0.4) is 0 Å². The second-order valence-corrected chi connectivity index (χ2v) is 26.2. The molecular weight excluding hydrogens is 1130 g/mol. The highest BCUT2D eigenvalue weighted by atomic mass is 15.1. The van der Waals surface area contributed by atoms with E-state index in [2.05, 4.69) is 388 Å². The summed E-state index contributed by atoms with van der Waals surface area (Å²) in [7, 11) is 0. The molecule has 2 nitrogen and oxygen atoms in total. The minimum atomic E-state index is -0.479. The Bertz CT molecular complexity index is 5210. The van der Waals surface area contributed by atoms with Crippen molar-refractivity contribution >= 4 is 55.7 Å². The van der Waals surface area contributed by atoms with Crippen LogP contribution in [0.15, 0.2) is 358 Å². The second-order valence-electron chi connectivity index (χ2n) is 26.2. The predicted molar refractivity (Wildman–Crippen MR) is 395 cm³/mol. The van der Waals surface area contributed by atoms with Crippen LogP contribution in [-0.2, 0) is 16.2 Å². The van der Waals surface area contributed by atoms with E-state index >= 15 is 0 Å². The summed E-state index contributed by atoms with van der Waals surface area (Å²) in [4.78, 5) is 4.78. The summed E-state index contributed by atoms with van der Waals surface area (Å²) in [6.45, 7) is 6.96. The van der Waals surface area contributed by atoms with Crippen molar-refractivity contribution in [2.75, 3.05) is 9.80 Å². The third kappa shape index (κ3) is 8.92. The minimum absolute atomic E-state index is 0.0763. The van der Waals surface area contributed by atoms with Crippen molar-refractivity contribution < 1.29 is 0 Å². The van der Waals surface area contributed by atoms with Crippen LogP contribution >= 0.6 is 0 Å². The molecule has 2 aliphatic rings. The Hall–Kier alpha value is -11.6. The fourth-order valence-corrected chi connectivity index (χ4v) is 16.0. The number of anilines is 6. The first kappa shape index (κ1) is 56.4. The standard InChI is InChI=1S/C92H68N2/c1-90(2,3)69-52-61-82-83(62-69)89(64-46-55-73(56-47-64)94(71-32-14-7-15-33-71)75-59-50-68(51-60-75)92(66-28-10-5-11-29-66)86-42-24-20-36-78(86)79-37-21-25-43-87(79)92)81-39-17-16-38-80(81)88(82)63-44-53-72(54-45-63)93(70-30-12-6-13-31-70)74-57-48-67(49-58-74)91(65-26-8-4-9-27-65)84-40-22-18-34-76(84)77-35-19-23-41-85(77)91/h4-62H,1-3H3. The van der Waals surface area contributed by atoms with Gasteiger partial charge in [0.15, 0.2) is 0 Å². The first-order valence-corrected chi connectivity index (χ1v) is 32.9. The molecule has 0 unspecified atom stereocenters. The molecule has 0 saturated heterocycles. The van der Waals surface area contributed by atoms with Crippen molar-refractivity contribution in [3.8, 4) is 44.5 Å². The van der Waals surface area contributed by atoms with E-state index in [0.717, 1.165) is 34.1 Å². The highest BCUT2D eigenvalue weighted by Crippen LogP contribution is 2.58. The summed E-state index contributed by atoms with van der Waals surface area (Å²) in [6.07, 6.45) is 0. The molecular formula is C92H68N2. The van der Waals surface area contributed by atoms with Crippen molar-refractivity contribution in [2.45, 2.75) is 37.0 Å². The molecule has 0 spiro atoms. The number of hydrogen-bond donors (Lipinski definition) is 0. The van der Waals surface area contributed by atoms with Crippen molar-refractivity contribution in [3.05, 3.63) is 408 Å². The van der Waals surface area contributed by atoms with Gasteiger partial charge in [0, 0.05) is 34.1 Å². The number of benzene rings is 15. The van der Waals surface area contributed by atoms with E-state index in [1.54, 1.807) is 0 Å². The van der Waals surface area contributed by atoms with Crippen molar-refractivity contribution in [1.82, 2.24) is 0 Å². The Morgan fingerprint density at radius 3 is 0.840 bits per heavy atom. The normalized spacial score (nSPS) is 13.2. The van der Waals surface area contributed by atoms with Gasteiger partial charge in [-0.1, -0.05) is 300 Å². The number of hydrogen-bond acceptors (Lipinski definition) is 2. The smallest absolute Gasteiger partial charge is 0.0713 e. The highest BCUT2D eigenvalue weighted by Gasteiger charge is 2.47. The van der Waals surface area contributed by atoms with Gasteiger partial charge < -0.3 is 9.80 Å². The molecule has 0 bridgehead atoms. The average molecular weight is 1200 g/mol. The average Bonchev–Trinajstić information content (AvgIpc) is 1.51. The fraction of sp³-hybridized carbons (Fsp3) is 0.0652. The number of fused-ring (bicyclic) bond motifs is 8. The van der Waals surface area contributed by atoms with Crippen LogP contribution in [0.2, 0.25) is 0 Å². The first-order valence-electron chi connectivity index (χ1n) is 32.9. The van der Waals surface area contributed by atoms with Gasteiger partial charge in [-0.25, -0.2) is 0 Å². The molecule has 17 rings (SSSR count). The molecule has 2 aliphatic carbocycles. The molecule has 0 N–H and O–H groups in total. The van der Waals surface area contributed by atoms with Crippen molar-refractivity contribution in [1.29, 1.82) is 0 Å². The molecule has 0 heterocycles. The molecule has 0 aromatic heterocycles. The van der Waals surface area contributed by atoms with Crippen LogP contribution in [0.5, 0.6) is 0 Å². The topological polar surface area (TPSA) is 6.48 Å². The molecule has 0 radical (unpaired) electrons. The third-order valence-corrected chi connectivity index (χ3v) is 20.2. The van der Waals surface area contributed by atoms with Gasteiger partial charge in [0.2, 0.25) is 0 Å². The van der Waals surface area contributed by atoms with Crippen molar-refractivity contribution in [3.63, 3.8) is 0 Å². The zero-order valence-corrected chi connectivity index (χ0v) is 53.0. The molecule has 94 heavy (non-hydrogen) atoms. The first-order chi connectivity index (χ1) is 46.3. The Balaban J connectivity index is 0.756. The van der Waals surface area contributed by atoms with Gasteiger partial charge in [-0.05, 0) is 200 Å².